The Balaban J connectivity index is 1.45. The number of carbonyl (C=O) groups is 1. The predicted molar refractivity (Wildman–Crippen MR) is 114 cm³/mol. The van der Waals surface area contributed by atoms with E-state index in [-0.39, 0.29) is 11.2 Å². The van der Waals surface area contributed by atoms with Gasteiger partial charge >= 0.3 is 0 Å². The second-order valence-electron chi connectivity index (χ2n) is 6.32. The highest BCUT2D eigenvalue weighted by molar-refractivity contribution is 8.00. The number of thiazole rings is 1. The van der Waals surface area contributed by atoms with Crippen molar-refractivity contribution in [2.45, 2.75) is 30.7 Å². The average molecular weight is 453 g/mol. The number of benzene rings is 1. The first-order valence-electron chi connectivity index (χ1n) is 8.94. The third kappa shape index (κ3) is 6.45. The van der Waals surface area contributed by atoms with Gasteiger partial charge in [0.25, 0.3) is 5.22 Å². The zero-order valence-electron chi connectivity index (χ0n) is 16.3. The summed E-state index contributed by atoms with van der Waals surface area (Å²) >= 11 is 8.68. The van der Waals surface area contributed by atoms with E-state index in [4.69, 9.17) is 20.8 Å². The van der Waals surface area contributed by atoms with Crippen LogP contribution in [0.4, 0.5) is 0 Å². The van der Waals surface area contributed by atoms with E-state index in [2.05, 4.69) is 15.2 Å². The van der Waals surface area contributed by atoms with Crippen LogP contribution in [0.15, 0.2) is 39.3 Å². The van der Waals surface area contributed by atoms with Crippen molar-refractivity contribution in [3.63, 3.8) is 0 Å². The molecule has 1 aromatic carbocycles. The highest BCUT2D eigenvalue weighted by Crippen LogP contribution is 2.24. The molecule has 0 radical (unpaired) electrons. The van der Waals surface area contributed by atoms with Gasteiger partial charge in [-0.3, -0.25) is 4.79 Å². The van der Waals surface area contributed by atoms with Gasteiger partial charge in [-0.1, -0.05) is 23.4 Å². The van der Waals surface area contributed by atoms with Crippen LogP contribution in [0.5, 0.6) is 5.75 Å². The maximum absolute atomic E-state index is 12.6. The van der Waals surface area contributed by atoms with Crippen molar-refractivity contribution < 1.29 is 13.9 Å². The van der Waals surface area contributed by atoms with Crippen LogP contribution < -0.4 is 4.74 Å². The number of ether oxygens (including phenoxy) is 1. The Morgan fingerprint density at radius 2 is 2.10 bits per heavy atom. The van der Waals surface area contributed by atoms with Crippen LogP contribution in [0.2, 0.25) is 5.02 Å². The molecule has 0 saturated heterocycles. The van der Waals surface area contributed by atoms with E-state index in [9.17, 15) is 4.79 Å². The molecular weight excluding hydrogens is 432 g/mol. The lowest BCUT2D eigenvalue weighted by atomic mass is 10.3. The van der Waals surface area contributed by atoms with Crippen molar-refractivity contribution in [1.29, 1.82) is 0 Å². The fourth-order valence-electron chi connectivity index (χ4n) is 2.46. The summed E-state index contributed by atoms with van der Waals surface area (Å²) < 4.78 is 11.3. The number of halogens is 1. The molecule has 0 aliphatic rings. The molecule has 0 N–H and O–H groups in total. The molecule has 0 saturated carbocycles. The Morgan fingerprint density at radius 1 is 1.34 bits per heavy atom. The lowest BCUT2D eigenvalue weighted by molar-refractivity contribution is -0.129. The minimum atomic E-state index is -0.356. The van der Waals surface area contributed by atoms with Crippen molar-refractivity contribution in [2.24, 2.45) is 0 Å². The topological polar surface area (TPSA) is 81.4 Å². The van der Waals surface area contributed by atoms with Crippen LogP contribution >= 0.6 is 34.7 Å². The molecule has 154 valence electrons. The van der Waals surface area contributed by atoms with Gasteiger partial charge in [-0.15, -0.1) is 21.5 Å². The first kappa shape index (κ1) is 21.6. The van der Waals surface area contributed by atoms with Crippen molar-refractivity contribution >= 4 is 40.6 Å². The molecule has 2 heterocycles. The number of hydrogen-bond donors (Lipinski definition) is 0. The maximum Gasteiger partial charge on any atom is 0.277 e. The van der Waals surface area contributed by atoms with E-state index in [0.717, 1.165) is 10.7 Å². The van der Waals surface area contributed by atoms with Gasteiger partial charge in [-0.05, 0) is 38.1 Å². The Kier molecular flexibility index (Phi) is 7.51. The molecule has 0 fully saturated rings. The van der Waals surface area contributed by atoms with Crippen LogP contribution in [0.25, 0.3) is 0 Å². The Labute approximate surface area is 182 Å². The number of nitrogens with zero attached hydrogens (tertiary/aromatic N) is 4. The Hall–Kier alpha value is -2.10. The predicted octanol–water partition coefficient (Wildman–Crippen LogP) is 4.10. The molecule has 0 spiro atoms. The normalized spacial score (nSPS) is 12.0. The van der Waals surface area contributed by atoms with Gasteiger partial charge in [-0.2, -0.15) is 0 Å². The molecule has 1 unspecified atom stereocenters. The summed E-state index contributed by atoms with van der Waals surface area (Å²) in [5, 5.41) is 11.7. The first-order chi connectivity index (χ1) is 13.9. The van der Waals surface area contributed by atoms with E-state index in [0.29, 0.717) is 41.5 Å². The fraction of sp³-hybridized carbons (Fsp3) is 0.368. The number of amides is 1. The molecule has 1 amide bonds. The Bertz CT molecular complexity index is 945. The summed E-state index contributed by atoms with van der Waals surface area (Å²) in [5.74, 6) is 1.16. The standard InChI is InChI=1S/C19H21ClN4O3S2/c1-12(18(25)24(3)8-9-26-16-6-4-14(20)5-7-16)29-19-23-22-17(27-19)10-15-11-28-13(2)21-15/h4-7,11-12H,8-10H2,1-3H3. The number of rotatable bonds is 9. The smallest absolute Gasteiger partial charge is 0.277 e. The van der Waals surface area contributed by atoms with Crippen LogP contribution in [-0.4, -0.2) is 51.4 Å². The summed E-state index contributed by atoms with van der Waals surface area (Å²) in [5.41, 5.74) is 0.900. The molecule has 29 heavy (non-hydrogen) atoms. The van der Waals surface area contributed by atoms with E-state index in [1.54, 1.807) is 47.5 Å². The molecule has 0 aliphatic carbocycles. The van der Waals surface area contributed by atoms with Crippen LogP contribution in [0.3, 0.4) is 0 Å². The molecular formula is C19H21ClN4O3S2. The largest absolute Gasteiger partial charge is 0.492 e. The monoisotopic (exact) mass is 452 g/mol. The first-order valence-corrected chi connectivity index (χ1v) is 11.1. The molecule has 10 heteroatoms. The lowest BCUT2D eigenvalue weighted by Gasteiger charge is -2.20. The van der Waals surface area contributed by atoms with Crippen LogP contribution in [-0.2, 0) is 11.2 Å². The molecule has 0 bridgehead atoms. The number of carbonyl (C=O) groups excluding carboxylic acids is 1. The van der Waals surface area contributed by atoms with E-state index >= 15 is 0 Å². The number of aromatic nitrogens is 3. The number of hydrogen-bond acceptors (Lipinski definition) is 8. The lowest BCUT2D eigenvalue weighted by Crippen LogP contribution is -2.36. The van der Waals surface area contributed by atoms with Crippen molar-refractivity contribution in [1.82, 2.24) is 20.1 Å². The van der Waals surface area contributed by atoms with E-state index < -0.39 is 0 Å². The fourth-order valence-corrected chi connectivity index (χ4v) is 4.01. The average Bonchev–Trinajstić information content (AvgIpc) is 3.31. The zero-order valence-corrected chi connectivity index (χ0v) is 18.7. The summed E-state index contributed by atoms with van der Waals surface area (Å²) in [6, 6.07) is 7.11. The SMILES string of the molecule is Cc1nc(Cc2nnc(SC(C)C(=O)N(C)CCOc3ccc(Cl)cc3)o2)cs1. The highest BCUT2D eigenvalue weighted by atomic mass is 35.5. The summed E-state index contributed by atoms with van der Waals surface area (Å²) in [6.07, 6.45) is 0.488. The van der Waals surface area contributed by atoms with Crippen molar-refractivity contribution in [3.8, 4) is 5.75 Å². The minimum Gasteiger partial charge on any atom is -0.492 e. The second-order valence-corrected chi connectivity index (χ2v) is 9.11. The van der Waals surface area contributed by atoms with Gasteiger partial charge in [0.2, 0.25) is 11.8 Å². The van der Waals surface area contributed by atoms with Gasteiger partial charge in [0.15, 0.2) is 0 Å². The summed E-state index contributed by atoms with van der Waals surface area (Å²) in [4.78, 5) is 18.6. The molecule has 2 aromatic heterocycles. The van der Waals surface area contributed by atoms with Gasteiger partial charge in [0.05, 0.1) is 28.9 Å². The third-order valence-corrected chi connectivity index (χ3v) is 5.95. The summed E-state index contributed by atoms with van der Waals surface area (Å²) in [6.45, 7) is 4.62. The third-order valence-electron chi connectivity index (χ3n) is 3.96. The van der Waals surface area contributed by atoms with Crippen LogP contribution in [0, 0.1) is 6.92 Å². The minimum absolute atomic E-state index is 0.0374. The number of thioether (sulfide) groups is 1. The number of likely N-dealkylation sites (N-methyl/N-ethyl adjacent to an activating group) is 1. The van der Waals surface area contributed by atoms with Crippen LogP contribution in [0.1, 0.15) is 23.5 Å². The Morgan fingerprint density at radius 3 is 2.79 bits per heavy atom. The van der Waals surface area contributed by atoms with Gasteiger partial charge in [-0.25, -0.2) is 4.98 Å². The highest BCUT2D eigenvalue weighted by Gasteiger charge is 2.21. The van der Waals surface area contributed by atoms with E-state index in [1.807, 2.05) is 19.2 Å². The van der Waals surface area contributed by atoms with Gasteiger partial charge < -0.3 is 14.1 Å². The molecule has 0 aliphatic heterocycles. The second kappa shape index (κ2) is 10.1. The quantitative estimate of drug-likeness (QED) is 0.452. The van der Waals surface area contributed by atoms with E-state index in [1.165, 1.54) is 11.8 Å². The number of aryl methyl sites for hydroxylation is 1. The zero-order chi connectivity index (χ0) is 20.8. The van der Waals surface area contributed by atoms with Crippen molar-refractivity contribution in [2.75, 3.05) is 20.2 Å². The maximum atomic E-state index is 12.6. The molecule has 3 rings (SSSR count). The molecule has 1 atom stereocenters. The summed E-state index contributed by atoms with van der Waals surface area (Å²) in [7, 11) is 1.74. The van der Waals surface area contributed by atoms with Gasteiger partial charge in [0.1, 0.15) is 12.4 Å². The van der Waals surface area contributed by atoms with Crippen molar-refractivity contribution in [3.05, 3.63) is 51.3 Å². The van der Waals surface area contributed by atoms with Gasteiger partial charge in [0, 0.05) is 17.5 Å². The molecule has 3 aromatic rings. The molecule has 7 nitrogen and oxygen atoms in total.